The average Bonchev–Trinajstić information content (AvgIpc) is 2.53. The monoisotopic (exact) mass is 233 g/mol. The van der Waals surface area contributed by atoms with Crippen LogP contribution in [-0.4, -0.2) is 13.2 Å². The van der Waals surface area contributed by atoms with Gasteiger partial charge in [-0.15, -0.1) is 0 Å². The molecular weight excluding hydrogens is 215 g/mol. The van der Waals surface area contributed by atoms with Crippen molar-refractivity contribution in [3.63, 3.8) is 0 Å². The van der Waals surface area contributed by atoms with Crippen molar-refractivity contribution in [3.05, 3.63) is 35.5 Å². The van der Waals surface area contributed by atoms with Crippen LogP contribution < -0.4 is 9.24 Å². The van der Waals surface area contributed by atoms with E-state index in [1.807, 2.05) is 0 Å². The Morgan fingerprint density at radius 1 is 1.44 bits per heavy atom. The van der Waals surface area contributed by atoms with Crippen LogP contribution in [0, 0.1) is 6.92 Å². The summed E-state index contributed by atoms with van der Waals surface area (Å²) in [5, 5.41) is 0. The molecule has 84 valence electrons. The highest BCUT2D eigenvalue weighted by molar-refractivity contribution is 7.59. The van der Waals surface area contributed by atoms with Crippen molar-refractivity contribution >= 4 is 13.9 Å². The first kappa shape index (κ1) is 10.3. The van der Waals surface area contributed by atoms with Crippen LogP contribution in [0.3, 0.4) is 0 Å². The Balaban J connectivity index is 2.06. The minimum atomic E-state index is -0.0314. The molecule has 0 N–H and O–H groups in total. The van der Waals surface area contributed by atoms with Gasteiger partial charge < -0.3 is 0 Å². The van der Waals surface area contributed by atoms with Crippen molar-refractivity contribution in [1.29, 1.82) is 0 Å². The maximum Gasteiger partial charge on any atom is 0.279 e. The summed E-state index contributed by atoms with van der Waals surface area (Å²) in [4.78, 5) is 0. The predicted octanol–water partition coefficient (Wildman–Crippen LogP) is 2.98. The molecule has 2 atom stereocenters. The number of anilines is 1. The van der Waals surface area contributed by atoms with Gasteiger partial charge in [-0.05, 0) is 25.5 Å². The van der Waals surface area contributed by atoms with E-state index in [2.05, 4.69) is 54.5 Å². The number of aromatic nitrogens is 1. The first-order chi connectivity index (χ1) is 7.66. The van der Waals surface area contributed by atoms with Crippen molar-refractivity contribution in [2.75, 3.05) is 17.9 Å². The van der Waals surface area contributed by atoms with E-state index in [-0.39, 0.29) is 8.07 Å². The molecule has 2 nitrogen and oxygen atoms in total. The second kappa shape index (κ2) is 3.56. The van der Waals surface area contributed by atoms with E-state index in [4.69, 9.17) is 0 Å². The molecule has 0 bridgehead atoms. The van der Waals surface area contributed by atoms with Crippen LogP contribution in [0.2, 0.25) is 0 Å². The number of allylic oxidation sites excluding steroid dienone is 2. The van der Waals surface area contributed by atoms with E-state index in [1.54, 1.807) is 5.57 Å². The van der Waals surface area contributed by atoms with Gasteiger partial charge in [0, 0.05) is 18.6 Å². The van der Waals surface area contributed by atoms with Gasteiger partial charge in [-0.1, -0.05) is 11.6 Å². The van der Waals surface area contributed by atoms with Crippen molar-refractivity contribution < 1.29 is 4.57 Å². The topological polar surface area (TPSA) is 7.12 Å². The summed E-state index contributed by atoms with van der Waals surface area (Å²) in [7, 11) is 2.23. The number of pyridine rings is 1. The highest BCUT2D eigenvalue weighted by Gasteiger charge is 2.45. The zero-order valence-corrected chi connectivity index (χ0v) is 11.0. The zero-order chi connectivity index (χ0) is 11.3. The summed E-state index contributed by atoms with van der Waals surface area (Å²) in [5.41, 5.74) is 2.93. The molecule has 0 fully saturated rings. The lowest BCUT2D eigenvalue weighted by atomic mass is 10.2. The maximum absolute atomic E-state index is 2.52. The fourth-order valence-electron chi connectivity index (χ4n) is 2.66. The van der Waals surface area contributed by atoms with Crippen LogP contribution in [0.4, 0.5) is 5.82 Å². The van der Waals surface area contributed by atoms with Crippen LogP contribution in [0.5, 0.6) is 0 Å². The maximum atomic E-state index is 2.52. The Morgan fingerprint density at radius 2 is 2.25 bits per heavy atom. The summed E-state index contributed by atoms with van der Waals surface area (Å²) in [5.74, 6) is 2.11. The summed E-state index contributed by atoms with van der Waals surface area (Å²) < 4.78 is 4.99. The number of hydrogen-bond acceptors (Lipinski definition) is 1. The van der Waals surface area contributed by atoms with Gasteiger partial charge in [0.2, 0.25) is 0 Å². The highest BCUT2D eigenvalue weighted by atomic mass is 31.1. The summed E-state index contributed by atoms with van der Waals surface area (Å²) in [6.07, 6.45) is 7.17. The second-order valence-corrected chi connectivity index (χ2v) is 7.25. The fourth-order valence-corrected chi connectivity index (χ4v) is 5.38. The molecule has 2 aliphatic rings. The van der Waals surface area contributed by atoms with Gasteiger partial charge in [0.1, 0.15) is 8.07 Å². The van der Waals surface area contributed by atoms with Crippen LogP contribution >= 0.6 is 8.07 Å². The van der Waals surface area contributed by atoms with E-state index in [0.29, 0.717) is 5.78 Å². The van der Waals surface area contributed by atoms with E-state index < -0.39 is 0 Å². The normalized spacial score (nSPS) is 27.4. The fraction of sp³-hybridized carbons (Fsp3) is 0.462. The Labute approximate surface area is 98.4 Å². The Kier molecular flexibility index (Phi) is 2.29. The van der Waals surface area contributed by atoms with Crippen LogP contribution in [0.25, 0.3) is 0 Å². The molecule has 1 aromatic rings. The molecule has 0 saturated carbocycles. The van der Waals surface area contributed by atoms with Gasteiger partial charge in [0.25, 0.3) is 5.82 Å². The first-order valence-corrected chi connectivity index (χ1v) is 7.39. The van der Waals surface area contributed by atoms with Gasteiger partial charge >= 0.3 is 0 Å². The van der Waals surface area contributed by atoms with Crippen molar-refractivity contribution in [1.82, 2.24) is 0 Å². The molecule has 0 spiro atoms. The minimum Gasteiger partial charge on any atom is -0.242 e. The highest BCUT2D eigenvalue weighted by Crippen LogP contribution is 2.59. The van der Waals surface area contributed by atoms with E-state index in [9.17, 15) is 0 Å². The van der Waals surface area contributed by atoms with Gasteiger partial charge in [0.15, 0.2) is 5.78 Å². The molecule has 3 heterocycles. The predicted molar refractivity (Wildman–Crippen MR) is 69.0 cm³/mol. The number of fused-ring (bicyclic) bond motifs is 3. The van der Waals surface area contributed by atoms with Crippen LogP contribution in [0.1, 0.15) is 24.7 Å². The Morgan fingerprint density at radius 3 is 3.06 bits per heavy atom. The van der Waals surface area contributed by atoms with Gasteiger partial charge in [0.05, 0.1) is 13.2 Å². The van der Waals surface area contributed by atoms with E-state index in [1.165, 1.54) is 24.0 Å². The lowest BCUT2D eigenvalue weighted by Crippen LogP contribution is -2.35. The Hall–Kier alpha value is -0.880. The second-order valence-electron chi connectivity index (χ2n) is 4.86. The van der Waals surface area contributed by atoms with Crippen LogP contribution in [0.15, 0.2) is 30.0 Å². The third-order valence-corrected chi connectivity index (χ3v) is 6.54. The Bertz CT molecular complexity index is 467. The van der Waals surface area contributed by atoms with Crippen LogP contribution in [-0.2, 0) is 0 Å². The molecule has 3 rings (SSSR count). The lowest BCUT2D eigenvalue weighted by molar-refractivity contribution is -0.683. The largest absolute Gasteiger partial charge is 0.279 e. The van der Waals surface area contributed by atoms with Crippen molar-refractivity contribution in [2.24, 2.45) is 0 Å². The number of hydrogen-bond donors (Lipinski definition) is 0. The van der Waals surface area contributed by atoms with Gasteiger partial charge in [-0.25, -0.2) is 9.24 Å². The van der Waals surface area contributed by atoms with E-state index >= 15 is 0 Å². The zero-order valence-electron chi connectivity index (χ0n) is 10.1. The average molecular weight is 233 g/mol. The molecule has 1 unspecified atom stereocenters. The van der Waals surface area contributed by atoms with Gasteiger partial charge in [-0.3, -0.25) is 0 Å². The third-order valence-electron chi connectivity index (χ3n) is 3.59. The smallest absolute Gasteiger partial charge is 0.242 e. The van der Waals surface area contributed by atoms with Crippen molar-refractivity contribution in [3.8, 4) is 0 Å². The third kappa shape index (κ3) is 1.40. The molecule has 2 aliphatic heterocycles. The molecule has 0 aromatic carbocycles. The summed E-state index contributed by atoms with van der Waals surface area (Å²) >= 11 is 0. The molecule has 0 saturated heterocycles. The molecular formula is C13H18N2P+. The number of rotatable bonds is 0. The minimum absolute atomic E-state index is 0.0314. The molecule has 0 aliphatic carbocycles. The first-order valence-electron chi connectivity index (χ1n) is 5.84. The summed E-state index contributed by atoms with van der Waals surface area (Å²) in [6.45, 7) is 4.44. The van der Waals surface area contributed by atoms with Gasteiger partial charge in [-0.2, -0.15) is 0 Å². The number of aryl methyl sites for hydroxylation is 1. The molecule has 1 aromatic heterocycles. The lowest BCUT2D eigenvalue weighted by Gasteiger charge is -2.21. The van der Waals surface area contributed by atoms with Crippen molar-refractivity contribution in [2.45, 2.75) is 26.1 Å². The number of nitrogens with zero attached hydrogens (tertiary/aromatic N) is 2. The SMILES string of the molecule is CC1=CC[C@H]2[n+]3ccc(C)cc3N(C)P2C1. The molecule has 0 amide bonds. The quantitative estimate of drug-likeness (QED) is 0.379. The summed E-state index contributed by atoms with van der Waals surface area (Å²) in [6, 6.07) is 4.54. The van der Waals surface area contributed by atoms with E-state index in [0.717, 1.165) is 0 Å². The molecule has 3 heteroatoms. The standard InChI is InChI=1S/C13H18N2P/c1-10-6-7-15-12(8-10)14(3)16-9-11(2)4-5-13(15)16/h4,6-8,13H,5,9H2,1-3H3/q+1/t13-,16?/m0/s1. The molecule has 16 heavy (non-hydrogen) atoms. The molecule has 0 radical (unpaired) electrons.